The van der Waals surface area contributed by atoms with Crippen LogP contribution in [-0.4, -0.2) is 66.8 Å². The maximum Gasteiger partial charge on any atom is 0.345 e. The second-order valence-electron chi connectivity index (χ2n) is 5.41. The Kier molecular flexibility index (Phi) is 3.77. The van der Waals surface area contributed by atoms with Gasteiger partial charge < -0.3 is 10.2 Å². The molecule has 3 saturated heterocycles. The molecule has 3 fully saturated rings. The van der Waals surface area contributed by atoms with Crippen LogP contribution in [0, 0.1) is 0 Å². The lowest BCUT2D eigenvalue weighted by atomic mass is 10.0. The highest BCUT2D eigenvalue weighted by Crippen LogP contribution is 2.29. The SMILES string of the molecule is CON1C(=O)N2C[C@H]1CC[C@H]2C(=O)NOC[C@@H]1CCN1. The van der Waals surface area contributed by atoms with Crippen molar-refractivity contribution >= 4 is 11.9 Å². The van der Waals surface area contributed by atoms with Gasteiger partial charge in [-0.05, 0) is 25.8 Å². The summed E-state index contributed by atoms with van der Waals surface area (Å²) < 4.78 is 0. The highest BCUT2D eigenvalue weighted by atomic mass is 16.7. The summed E-state index contributed by atoms with van der Waals surface area (Å²) in [6.45, 7) is 2.00. The van der Waals surface area contributed by atoms with Gasteiger partial charge in [-0.1, -0.05) is 0 Å². The fourth-order valence-corrected chi connectivity index (χ4v) is 2.91. The number of nitrogens with one attached hydrogen (secondary N) is 2. The molecule has 3 aliphatic rings. The summed E-state index contributed by atoms with van der Waals surface area (Å²) in [7, 11) is 1.48. The summed E-state index contributed by atoms with van der Waals surface area (Å²) in [6.07, 6.45) is 2.46. The predicted molar refractivity (Wildman–Crippen MR) is 68.3 cm³/mol. The average molecular weight is 284 g/mol. The van der Waals surface area contributed by atoms with Gasteiger partial charge in [-0.2, -0.15) is 5.06 Å². The minimum Gasteiger partial charge on any atom is -0.311 e. The first-order valence-corrected chi connectivity index (χ1v) is 6.99. The van der Waals surface area contributed by atoms with Gasteiger partial charge in [0, 0.05) is 12.6 Å². The number of hydroxylamine groups is 3. The molecular formula is C12H20N4O4. The number of urea groups is 1. The molecule has 0 aromatic rings. The zero-order valence-electron chi connectivity index (χ0n) is 11.5. The highest BCUT2D eigenvalue weighted by Gasteiger charge is 2.47. The Morgan fingerprint density at radius 3 is 2.90 bits per heavy atom. The minimum atomic E-state index is -0.465. The summed E-state index contributed by atoms with van der Waals surface area (Å²) in [5.74, 6) is -0.255. The molecule has 3 atom stereocenters. The van der Waals surface area contributed by atoms with Crippen LogP contribution in [0.1, 0.15) is 19.3 Å². The van der Waals surface area contributed by atoms with Gasteiger partial charge in [0.05, 0.1) is 19.8 Å². The summed E-state index contributed by atoms with van der Waals surface area (Å²) in [6, 6.07) is -0.329. The van der Waals surface area contributed by atoms with Crippen LogP contribution >= 0.6 is 0 Å². The molecule has 2 N–H and O–H groups in total. The first kappa shape index (κ1) is 13.6. The first-order chi connectivity index (χ1) is 9.70. The van der Waals surface area contributed by atoms with E-state index >= 15 is 0 Å². The average Bonchev–Trinajstić information content (AvgIpc) is 2.64. The Hall–Kier alpha value is -1.38. The molecule has 20 heavy (non-hydrogen) atoms. The number of hydrogen-bond acceptors (Lipinski definition) is 5. The first-order valence-electron chi connectivity index (χ1n) is 6.99. The van der Waals surface area contributed by atoms with Crippen LogP contribution in [0.15, 0.2) is 0 Å². The molecule has 112 valence electrons. The second kappa shape index (κ2) is 5.55. The van der Waals surface area contributed by atoms with Crippen LogP contribution in [0.25, 0.3) is 0 Å². The van der Waals surface area contributed by atoms with E-state index in [-0.39, 0.29) is 18.0 Å². The molecular weight excluding hydrogens is 264 g/mol. The van der Waals surface area contributed by atoms with Crippen molar-refractivity contribution < 1.29 is 19.3 Å². The number of hydrogen-bond donors (Lipinski definition) is 2. The van der Waals surface area contributed by atoms with Crippen molar-refractivity contribution in [3.05, 3.63) is 0 Å². The van der Waals surface area contributed by atoms with Gasteiger partial charge in [-0.15, -0.1) is 0 Å². The van der Waals surface area contributed by atoms with Crippen LogP contribution in [0.4, 0.5) is 4.79 Å². The smallest absolute Gasteiger partial charge is 0.311 e. The number of nitrogens with zero attached hydrogens (tertiary/aromatic N) is 2. The normalized spacial score (nSPS) is 32.2. The highest BCUT2D eigenvalue weighted by molar-refractivity contribution is 5.87. The van der Waals surface area contributed by atoms with Gasteiger partial charge >= 0.3 is 6.03 Å². The standard InChI is InChI=1S/C12H20N4O4/c1-19-16-9-2-3-10(15(6-9)12(16)18)11(17)14-20-7-8-4-5-13-8/h8-10,13H,2-7H2,1H3,(H,14,17)/t8-,9+,10-/m0/s1. The zero-order chi connectivity index (χ0) is 14.1. The molecule has 0 radical (unpaired) electrons. The van der Waals surface area contributed by atoms with E-state index in [2.05, 4.69) is 10.8 Å². The topological polar surface area (TPSA) is 83.1 Å². The Labute approximate surface area is 117 Å². The van der Waals surface area contributed by atoms with Crippen molar-refractivity contribution in [1.29, 1.82) is 0 Å². The van der Waals surface area contributed by atoms with E-state index < -0.39 is 6.04 Å². The summed E-state index contributed by atoms with van der Waals surface area (Å²) in [4.78, 5) is 36.0. The molecule has 0 unspecified atom stereocenters. The third kappa shape index (κ3) is 2.34. The summed E-state index contributed by atoms with van der Waals surface area (Å²) >= 11 is 0. The van der Waals surface area contributed by atoms with Gasteiger partial charge in [0.25, 0.3) is 5.91 Å². The van der Waals surface area contributed by atoms with Crippen molar-refractivity contribution in [3.8, 4) is 0 Å². The van der Waals surface area contributed by atoms with Crippen molar-refractivity contribution in [2.45, 2.75) is 37.4 Å². The van der Waals surface area contributed by atoms with Crippen LogP contribution in [-0.2, 0) is 14.5 Å². The van der Waals surface area contributed by atoms with E-state index in [1.54, 1.807) is 4.90 Å². The molecule has 0 saturated carbocycles. The molecule has 3 amide bonds. The van der Waals surface area contributed by atoms with Crippen molar-refractivity contribution in [2.75, 3.05) is 26.8 Å². The second-order valence-corrected chi connectivity index (χ2v) is 5.41. The predicted octanol–water partition coefficient (Wildman–Crippen LogP) is -0.774. The molecule has 3 rings (SSSR count). The maximum atomic E-state index is 12.1. The lowest BCUT2D eigenvalue weighted by Crippen LogP contribution is -2.51. The van der Waals surface area contributed by atoms with Crippen LogP contribution in [0.2, 0.25) is 0 Å². The largest absolute Gasteiger partial charge is 0.345 e. The Balaban J connectivity index is 1.51. The number of carbonyl (C=O) groups excluding carboxylic acids is 2. The lowest BCUT2D eigenvalue weighted by Gasteiger charge is -2.30. The maximum absolute atomic E-state index is 12.1. The zero-order valence-corrected chi connectivity index (χ0v) is 11.5. The van der Waals surface area contributed by atoms with Gasteiger partial charge in [-0.25, -0.2) is 10.3 Å². The molecule has 2 bridgehead atoms. The van der Waals surface area contributed by atoms with E-state index in [9.17, 15) is 9.59 Å². The Morgan fingerprint density at radius 1 is 1.45 bits per heavy atom. The Morgan fingerprint density at radius 2 is 2.25 bits per heavy atom. The van der Waals surface area contributed by atoms with Crippen molar-refractivity contribution in [2.24, 2.45) is 0 Å². The third-order valence-corrected chi connectivity index (χ3v) is 4.21. The number of carbonyl (C=O) groups is 2. The molecule has 0 aromatic heterocycles. The van der Waals surface area contributed by atoms with Gasteiger partial charge in [0.15, 0.2) is 0 Å². The van der Waals surface area contributed by atoms with Crippen molar-refractivity contribution in [3.63, 3.8) is 0 Å². The van der Waals surface area contributed by atoms with E-state index in [0.717, 1.165) is 19.4 Å². The molecule has 8 heteroatoms. The van der Waals surface area contributed by atoms with E-state index in [1.807, 2.05) is 0 Å². The molecule has 0 aromatic carbocycles. The number of fused-ring (bicyclic) bond motifs is 2. The van der Waals surface area contributed by atoms with Gasteiger partial charge in [0.2, 0.25) is 0 Å². The van der Waals surface area contributed by atoms with Gasteiger partial charge in [-0.3, -0.25) is 14.5 Å². The summed E-state index contributed by atoms with van der Waals surface area (Å²) in [5.41, 5.74) is 2.46. The van der Waals surface area contributed by atoms with E-state index in [0.29, 0.717) is 25.6 Å². The quantitative estimate of drug-likeness (QED) is 0.648. The number of rotatable bonds is 5. The molecule has 0 spiro atoms. The number of piperidine rings is 1. The monoisotopic (exact) mass is 284 g/mol. The molecule has 8 nitrogen and oxygen atoms in total. The molecule has 3 heterocycles. The minimum absolute atomic E-state index is 0.0524. The molecule has 0 aliphatic carbocycles. The van der Waals surface area contributed by atoms with E-state index in [4.69, 9.17) is 9.68 Å². The third-order valence-electron chi connectivity index (χ3n) is 4.21. The summed E-state index contributed by atoms with van der Waals surface area (Å²) in [5, 5.41) is 4.54. The molecule has 3 aliphatic heterocycles. The van der Waals surface area contributed by atoms with Gasteiger partial charge in [0.1, 0.15) is 6.04 Å². The van der Waals surface area contributed by atoms with Crippen LogP contribution in [0.3, 0.4) is 0 Å². The van der Waals surface area contributed by atoms with Crippen molar-refractivity contribution in [1.82, 2.24) is 20.8 Å². The lowest BCUT2D eigenvalue weighted by molar-refractivity contribution is -0.139. The fraction of sp³-hybridized carbons (Fsp3) is 0.833. The van der Waals surface area contributed by atoms with Crippen LogP contribution in [0.5, 0.6) is 0 Å². The Bertz CT molecular complexity index is 401. The number of amides is 3. The fourth-order valence-electron chi connectivity index (χ4n) is 2.91. The van der Waals surface area contributed by atoms with E-state index in [1.165, 1.54) is 12.2 Å². The van der Waals surface area contributed by atoms with Crippen LogP contribution < -0.4 is 10.8 Å².